The number of fused-ring (bicyclic) bond motifs is 3. The van der Waals surface area contributed by atoms with Gasteiger partial charge in [-0.1, -0.05) is 42.8 Å². The van der Waals surface area contributed by atoms with Gasteiger partial charge in [0.05, 0.1) is 23.1 Å². The molecule has 0 saturated heterocycles. The van der Waals surface area contributed by atoms with Crippen LogP contribution in [0.1, 0.15) is 70.3 Å². The molecule has 13 heteroatoms. The van der Waals surface area contributed by atoms with E-state index in [1.54, 1.807) is 32.0 Å². The van der Waals surface area contributed by atoms with Gasteiger partial charge < -0.3 is 24.2 Å². The summed E-state index contributed by atoms with van der Waals surface area (Å²) in [4.78, 5) is 13.3. The molecule has 3 heterocycles. The molecule has 0 fully saturated rings. The first-order chi connectivity index (χ1) is 21.0. The fraction of sp³-hybridized carbons (Fsp3) is 0.469. The van der Waals surface area contributed by atoms with Gasteiger partial charge in [-0.15, -0.1) is 0 Å². The summed E-state index contributed by atoms with van der Waals surface area (Å²) in [7, 11) is -1.96. The van der Waals surface area contributed by atoms with Crippen molar-refractivity contribution in [1.82, 2.24) is 24.8 Å². The van der Waals surface area contributed by atoms with Crippen molar-refractivity contribution in [3.63, 3.8) is 0 Å². The number of aliphatic hydroxyl groups is 1. The molecule has 4 aromatic rings. The van der Waals surface area contributed by atoms with Gasteiger partial charge in [-0.05, 0) is 56.6 Å². The number of nitrogens with zero attached hydrogens (tertiary/aromatic N) is 4. The maximum atomic E-state index is 15.6. The molecule has 0 saturated carbocycles. The molecule has 2 N–H and O–H groups in total. The van der Waals surface area contributed by atoms with Crippen LogP contribution in [0.4, 0.5) is 13.2 Å². The van der Waals surface area contributed by atoms with Crippen LogP contribution in [0.5, 0.6) is 5.75 Å². The standard InChI is InChI=1S/C32H39BrF3N5O3Si/c1-31(2,3)45(6,7)43-12-11-37-23-15-25(27-20(33)9-8-10-26(27)44-30(35)36)41-24-13-19(21(34)14-22(24)40-28(23)41)18-16-38-29(39-17-18)32(4,5)42/h8-10,13-14,16-17,23,25,30,37,42H,11-12,15H2,1-7H3/t23-,25-/m1/s1. The van der Waals surface area contributed by atoms with E-state index in [0.29, 0.717) is 52.0 Å². The maximum absolute atomic E-state index is 15.6. The van der Waals surface area contributed by atoms with Crippen LogP contribution in [0.2, 0.25) is 18.1 Å². The summed E-state index contributed by atoms with van der Waals surface area (Å²) < 4.78 is 56.5. The van der Waals surface area contributed by atoms with Gasteiger partial charge in [0.1, 0.15) is 23.0 Å². The van der Waals surface area contributed by atoms with E-state index in [1.165, 1.54) is 24.5 Å². The number of ether oxygens (including phenoxy) is 1. The third-order valence-corrected chi connectivity index (χ3v) is 14.0. The number of rotatable bonds is 10. The van der Waals surface area contributed by atoms with Crippen molar-refractivity contribution in [2.45, 2.75) is 83.5 Å². The number of benzene rings is 2. The number of imidazole rings is 1. The minimum absolute atomic E-state index is 0.0528. The van der Waals surface area contributed by atoms with Crippen molar-refractivity contribution in [2.24, 2.45) is 0 Å². The average molecular weight is 707 g/mol. The highest BCUT2D eigenvalue weighted by Gasteiger charge is 2.39. The molecule has 242 valence electrons. The van der Waals surface area contributed by atoms with Crippen LogP contribution in [-0.4, -0.2) is 52.7 Å². The Morgan fingerprint density at radius 2 is 1.82 bits per heavy atom. The lowest BCUT2D eigenvalue weighted by Gasteiger charge is -2.36. The molecule has 45 heavy (non-hydrogen) atoms. The van der Waals surface area contributed by atoms with Gasteiger partial charge in [0.15, 0.2) is 14.1 Å². The summed E-state index contributed by atoms with van der Waals surface area (Å²) in [6.45, 7) is 12.2. The quantitative estimate of drug-likeness (QED) is 0.128. The second kappa shape index (κ2) is 12.4. The van der Waals surface area contributed by atoms with Gasteiger partial charge in [-0.2, -0.15) is 8.78 Å². The van der Waals surface area contributed by atoms with Crippen LogP contribution in [0, 0.1) is 5.82 Å². The molecule has 0 spiro atoms. The van der Waals surface area contributed by atoms with Gasteiger partial charge in [0, 0.05) is 52.8 Å². The van der Waals surface area contributed by atoms with Crippen LogP contribution in [-0.2, 0) is 10.0 Å². The van der Waals surface area contributed by atoms with Gasteiger partial charge in [-0.25, -0.2) is 19.3 Å². The molecule has 0 radical (unpaired) electrons. The number of aromatic nitrogens is 4. The normalized spacial score (nSPS) is 17.4. The summed E-state index contributed by atoms with van der Waals surface area (Å²) in [5.41, 5.74) is 1.02. The molecule has 1 aliphatic rings. The summed E-state index contributed by atoms with van der Waals surface area (Å²) >= 11 is 3.57. The van der Waals surface area contributed by atoms with Gasteiger partial charge in [0.2, 0.25) is 0 Å². The number of hydrogen-bond donors (Lipinski definition) is 2. The Labute approximate surface area is 270 Å². The minimum atomic E-state index is -3.01. The van der Waals surface area contributed by atoms with Crippen molar-refractivity contribution >= 4 is 35.3 Å². The third-order valence-electron chi connectivity index (χ3n) is 8.72. The van der Waals surface area contributed by atoms with Gasteiger partial charge in [0.25, 0.3) is 0 Å². The SMILES string of the molecule is CC(C)(O)c1ncc(-c2cc3c(cc2F)nc2n3[C@@H](c3c(Br)cccc3OC(F)F)C[C@H]2NCCO[Si](C)(C)C(C)(C)C)cn1. The fourth-order valence-corrected chi connectivity index (χ4v) is 7.02. The Morgan fingerprint density at radius 3 is 2.44 bits per heavy atom. The van der Waals surface area contributed by atoms with E-state index >= 15 is 4.39 Å². The second-order valence-electron chi connectivity index (χ2n) is 13.4. The fourth-order valence-electron chi connectivity index (χ4n) is 5.36. The summed E-state index contributed by atoms with van der Waals surface area (Å²) in [5, 5.41) is 13.9. The lowest BCUT2D eigenvalue weighted by Crippen LogP contribution is -2.42. The molecular formula is C32H39BrF3N5O3Si. The molecule has 2 aromatic carbocycles. The van der Waals surface area contributed by atoms with E-state index in [4.69, 9.17) is 14.1 Å². The van der Waals surface area contributed by atoms with Crippen molar-refractivity contribution < 1.29 is 27.4 Å². The molecule has 8 nitrogen and oxygen atoms in total. The Bertz CT molecular complexity index is 1690. The highest BCUT2D eigenvalue weighted by atomic mass is 79.9. The van der Waals surface area contributed by atoms with E-state index in [1.807, 2.05) is 4.57 Å². The van der Waals surface area contributed by atoms with Crippen LogP contribution in [0.25, 0.3) is 22.2 Å². The van der Waals surface area contributed by atoms with Crippen LogP contribution < -0.4 is 10.1 Å². The zero-order chi connectivity index (χ0) is 32.9. The largest absolute Gasteiger partial charge is 0.434 e. The molecule has 5 rings (SSSR count). The summed E-state index contributed by atoms with van der Waals surface area (Å²) in [5.74, 6) is 0.415. The predicted molar refractivity (Wildman–Crippen MR) is 173 cm³/mol. The van der Waals surface area contributed by atoms with Crippen molar-refractivity contribution in [1.29, 1.82) is 0 Å². The molecule has 0 unspecified atom stereocenters. The van der Waals surface area contributed by atoms with Gasteiger partial charge >= 0.3 is 6.61 Å². The van der Waals surface area contributed by atoms with Crippen LogP contribution >= 0.6 is 15.9 Å². The highest BCUT2D eigenvalue weighted by molar-refractivity contribution is 9.10. The summed E-state index contributed by atoms with van der Waals surface area (Å²) in [6.07, 6.45) is 3.44. The van der Waals surface area contributed by atoms with Crippen molar-refractivity contribution in [2.75, 3.05) is 13.2 Å². The molecule has 0 aliphatic carbocycles. The van der Waals surface area contributed by atoms with E-state index in [-0.39, 0.29) is 28.2 Å². The first-order valence-corrected chi connectivity index (χ1v) is 18.6. The number of alkyl halides is 2. The van der Waals surface area contributed by atoms with E-state index in [0.717, 1.165) is 0 Å². The Hall–Kier alpha value is -2.84. The molecule has 0 bridgehead atoms. The lowest BCUT2D eigenvalue weighted by molar-refractivity contribution is -0.0507. The lowest BCUT2D eigenvalue weighted by atomic mass is 10.0. The first kappa shape index (κ1) is 33.5. The van der Waals surface area contributed by atoms with Crippen LogP contribution in [0.15, 0.2) is 47.2 Å². The highest BCUT2D eigenvalue weighted by Crippen LogP contribution is 2.47. The zero-order valence-corrected chi connectivity index (χ0v) is 29.0. The number of halogens is 4. The Kier molecular flexibility index (Phi) is 9.24. The molecule has 1 aliphatic heterocycles. The van der Waals surface area contributed by atoms with E-state index in [2.05, 4.69) is 65.1 Å². The third kappa shape index (κ3) is 6.82. The molecule has 2 atom stereocenters. The molecular weight excluding hydrogens is 667 g/mol. The topological polar surface area (TPSA) is 94.3 Å². The predicted octanol–water partition coefficient (Wildman–Crippen LogP) is 7.87. The number of hydrogen-bond acceptors (Lipinski definition) is 7. The maximum Gasteiger partial charge on any atom is 0.387 e. The van der Waals surface area contributed by atoms with E-state index < -0.39 is 32.4 Å². The average Bonchev–Trinajstić information content (AvgIpc) is 3.46. The van der Waals surface area contributed by atoms with Gasteiger partial charge in [-0.3, -0.25) is 0 Å². The minimum Gasteiger partial charge on any atom is -0.434 e. The summed E-state index contributed by atoms with van der Waals surface area (Å²) in [6, 6.07) is 7.28. The smallest absolute Gasteiger partial charge is 0.387 e. The van der Waals surface area contributed by atoms with Crippen molar-refractivity contribution in [3.05, 3.63) is 70.2 Å². The molecule has 2 aromatic heterocycles. The number of nitrogens with one attached hydrogen (secondary N) is 1. The van der Waals surface area contributed by atoms with E-state index in [9.17, 15) is 13.9 Å². The second-order valence-corrected chi connectivity index (χ2v) is 19.1. The first-order valence-electron chi connectivity index (χ1n) is 14.8. The molecule has 0 amide bonds. The zero-order valence-electron chi connectivity index (χ0n) is 26.5. The monoisotopic (exact) mass is 705 g/mol. The Balaban J connectivity index is 1.57. The van der Waals surface area contributed by atoms with Crippen LogP contribution in [0.3, 0.4) is 0 Å². The van der Waals surface area contributed by atoms with Crippen molar-refractivity contribution in [3.8, 4) is 16.9 Å². The Morgan fingerprint density at radius 1 is 1.13 bits per heavy atom.